The minimum atomic E-state index is 0.334. The number of rotatable bonds is 2. The standard InChI is InChI=1S/C13H16N2/c1-9-5-4-6-10(2)12(9)11(3)13-14-7-8-15-13/h4-8,11H,1-3H3,(H,14,15). The summed E-state index contributed by atoms with van der Waals surface area (Å²) in [5, 5.41) is 0. The summed E-state index contributed by atoms with van der Waals surface area (Å²) in [7, 11) is 0. The van der Waals surface area contributed by atoms with Crippen molar-refractivity contribution in [2.24, 2.45) is 0 Å². The number of aromatic nitrogens is 2. The van der Waals surface area contributed by atoms with Crippen molar-refractivity contribution in [2.75, 3.05) is 0 Å². The van der Waals surface area contributed by atoms with E-state index in [0.717, 1.165) is 5.82 Å². The van der Waals surface area contributed by atoms with Gasteiger partial charge in [-0.1, -0.05) is 25.1 Å². The van der Waals surface area contributed by atoms with Crippen molar-refractivity contribution in [1.29, 1.82) is 0 Å². The van der Waals surface area contributed by atoms with Gasteiger partial charge in [0, 0.05) is 18.3 Å². The van der Waals surface area contributed by atoms with E-state index in [1.165, 1.54) is 16.7 Å². The lowest BCUT2D eigenvalue weighted by Crippen LogP contribution is -2.03. The SMILES string of the molecule is Cc1cccc(C)c1C(C)c1ncc[nH]1. The number of nitrogens with zero attached hydrogens (tertiary/aromatic N) is 1. The molecule has 1 atom stereocenters. The van der Waals surface area contributed by atoms with E-state index in [-0.39, 0.29) is 0 Å². The minimum absolute atomic E-state index is 0.334. The first kappa shape index (κ1) is 9.97. The van der Waals surface area contributed by atoms with Gasteiger partial charge in [0.15, 0.2) is 0 Å². The van der Waals surface area contributed by atoms with E-state index in [2.05, 4.69) is 48.9 Å². The monoisotopic (exact) mass is 200 g/mol. The fourth-order valence-electron chi connectivity index (χ4n) is 2.16. The molecule has 1 aromatic heterocycles. The van der Waals surface area contributed by atoms with E-state index in [4.69, 9.17) is 0 Å². The van der Waals surface area contributed by atoms with Gasteiger partial charge in [-0.3, -0.25) is 0 Å². The Labute approximate surface area is 90.4 Å². The van der Waals surface area contributed by atoms with E-state index < -0.39 is 0 Å². The van der Waals surface area contributed by atoms with Gasteiger partial charge < -0.3 is 4.98 Å². The zero-order valence-corrected chi connectivity index (χ0v) is 9.41. The molecule has 0 aliphatic heterocycles. The fourth-order valence-corrected chi connectivity index (χ4v) is 2.16. The maximum atomic E-state index is 4.32. The number of hydrogen-bond acceptors (Lipinski definition) is 1. The van der Waals surface area contributed by atoms with Crippen LogP contribution in [0, 0.1) is 13.8 Å². The highest BCUT2D eigenvalue weighted by molar-refractivity contribution is 5.38. The largest absolute Gasteiger partial charge is 0.348 e. The van der Waals surface area contributed by atoms with Crippen molar-refractivity contribution in [2.45, 2.75) is 26.7 Å². The molecule has 15 heavy (non-hydrogen) atoms. The number of aryl methyl sites for hydroxylation is 2. The second kappa shape index (κ2) is 3.89. The van der Waals surface area contributed by atoms with Crippen LogP contribution in [-0.2, 0) is 0 Å². The Morgan fingerprint density at radius 2 is 1.87 bits per heavy atom. The number of benzene rings is 1. The summed E-state index contributed by atoms with van der Waals surface area (Å²) in [5.41, 5.74) is 4.05. The number of nitrogens with one attached hydrogen (secondary N) is 1. The van der Waals surface area contributed by atoms with Gasteiger partial charge in [0.25, 0.3) is 0 Å². The van der Waals surface area contributed by atoms with Crippen LogP contribution in [-0.4, -0.2) is 9.97 Å². The first-order valence-electron chi connectivity index (χ1n) is 5.25. The number of H-pyrrole nitrogens is 1. The molecular formula is C13H16N2. The molecule has 0 saturated heterocycles. The van der Waals surface area contributed by atoms with Crippen LogP contribution < -0.4 is 0 Å². The molecule has 0 spiro atoms. The highest BCUT2D eigenvalue weighted by atomic mass is 14.9. The molecule has 0 bridgehead atoms. The summed E-state index contributed by atoms with van der Waals surface area (Å²) in [5.74, 6) is 1.37. The summed E-state index contributed by atoms with van der Waals surface area (Å²) in [6, 6.07) is 6.41. The van der Waals surface area contributed by atoms with Gasteiger partial charge in [0.05, 0.1) is 0 Å². The Bertz CT molecular complexity index is 423. The summed E-state index contributed by atoms with van der Waals surface area (Å²) >= 11 is 0. The van der Waals surface area contributed by atoms with Crippen molar-refractivity contribution in [3.8, 4) is 0 Å². The normalized spacial score (nSPS) is 12.7. The Morgan fingerprint density at radius 1 is 1.20 bits per heavy atom. The average molecular weight is 200 g/mol. The predicted octanol–water partition coefficient (Wildman–Crippen LogP) is 3.18. The van der Waals surface area contributed by atoms with Gasteiger partial charge in [-0.05, 0) is 30.5 Å². The van der Waals surface area contributed by atoms with Crippen LogP contribution in [0.1, 0.15) is 35.4 Å². The molecule has 0 fully saturated rings. The molecule has 0 saturated carbocycles. The molecule has 2 rings (SSSR count). The first-order valence-corrected chi connectivity index (χ1v) is 5.25. The average Bonchev–Trinajstić information content (AvgIpc) is 2.69. The molecule has 2 nitrogen and oxygen atoms in total. The van der Waals surface area contributed by atoms with Gasteiger partial charge >= 0.3 is 0 Å². The van der Waals surface area contributed by atoms with Crippen LogP contribution in [0.4, 0.5) is 0 Å². The second-order valence-electron chi connectivity index (χ2n) is 4.00. The smallest absolute Gasteiger partial charge is 0.113 e. The molecule has 1 aromatic carbocycles. The third-order valence-electron chi connectivity index (χ3n) is 2.90. The highest BCUT2D eigenvalue weighted by Crippen LogP contribution is 2.26. The third-order valence-corrected chi connectivity index (χ3v) is 2.90. The predicted molar refractivity (Wildman–Crippen MR) is 62.0 cm³/mol. The molecular weight excluding hydrogens is 184 g/mol. The third kappa shape index (κ3) is 1.80. The van der Waals surface area contributed by atoms with Crippen LogP contribution in [0.5, 0.6) is 0 Å². The maximum Gasteiger partial charge on any atom is 0.113 e. The molecule has 0 amide bonds. The van der Waals surface area contributed by atoms with Crippen molar-refractivity contribution >= 4 is 0 Å². The molecule has 2 aromatic rings. The van der Waals surface area contributed by atoms with E-state index >= 15 is 0 Å². The van der Waals surface area contributed by atoms with Crippen LogP contribution in [0.15, 0.2) is 30.6 Å². The molecule has 1 unspecified atom stereocenters. The first-order chi connectivity index (χ1) is 7.20. The summed E-state index contributed by atoms with van der Waals surface area (Å²) in [4.78, 5) is 7.50. The van der Waals surface area contributed by atoms with Crippen molar-refractivity contribution in [1.82, 2.24) is 9.97 Å². The molecule has 2 heteroatoms. The van der Waals surface area contributed by atoms with Crippen LogP contribution >= 0.6 is 0 Å². The lowest BCUT2D eigenvalue weighted by molar-refractivity contribution is 0.824. The Balaban J connectivity index is 2.46. The molecule has 1 heterocycles. The number of aromatic amines is 1. The summed E-state index contributed by atoms with van der Waals surface area (Å²) in [6.45, 7) is 6.50. The summed E-state index contributed by atoms with van der Waals surface area (Å²) < 4.78 is 0. The van der Waals surface area contributed by atoms with Gasteiger partial charge in [0.1, 0.15) is 5.82 Å². The second-order valence-corrected chi connectivity index (χ2v) is 4.00. The molecule has 0 aliphatic rings. The van der Waals surface area contributed by atoms with E-state index in [1.807, 2.05) is 6.20 Å². The molecule has 0 aliphatic carbocycles. The zero-order chi connectivity index (χ0) is 10.8. The van der Waals surface area contributed by atoms with Gasteiger partial charge in [-0.25, -0.2) is 4.98 Å². The van der Waals surface area contributed by atoms with Gasteiger partial charge in [-0.2, -0.15) is 0 Å². The fraction of sp³-hybridized carbons (Fsp3) is 0.308. The quantitative estimate of drug-likeness (QED) is 0.792. The van der Waals surface area contributed by atoms with Crippen molar-refractivity contribution < 1.29 is 0 Å². The topological polar surface area (TPSA) is 28.7 Å². The lowest BCUT2D eigenvalue weighted by atomic mass is 9.92. The highest BCUT2D eigenvalue weighted by Gasteiger charge is 2.14. The number of imidazole rings is 1. The summed E-state index contributed by atoms with van der Waals surface area (Å²) in [6.07, 6.45) is 3.68. The van der Waals surface area contributed by atoms with E-state index in [0.29, 0.717) is 5.92 Å². The molecule has 1 N–H and O–H groups in total. The van der Waals surface area contributed by atoms with Crippen LogP contribution in [0.3, 0.4) is 0 Å². The van der Waals surface area contributed by atoms with Crippen molar-refractivity contribution in [3.05, 3.63) is 53.1 Å². The Hall–Kier alpha value is -1.57. The van der Waals surface area contributed by atoms with E-state index in [9.17, 15) is 0 Å². The van der Waals surface area contributed by atoms with Gasteiger partial charge in [-0.15, -0.1) is 0 Å². The van der Waals surface area contributed by atoms with Crippen molar-refractivity contribution in [3.63, 3.8) is 0 Å². The molecule has 78 valence electrons. The van der Waals surface area contributed by atoms with Gasteiger partial charge in [0.2, 0.25) is 0 Å². The Morgan fingerprint density at radius 3 is 2.40 bits per heavy atom. The van der Waals surface area contributed by atoms with Crippen LogP contribution in [0.2, 0.25) is 0 Å². The maximum absolute atomic E-state index is 4.32. The molecule has 0 radical (unpaired) electrons. The Kier molecular flexibility index (Phi) is 2.58. The zero-order valence-electron chi connectivity index (χ0n) is 9.41. The van der Waals surface area contributed by atoms with E-state index in [1.54, 1.807) is 6.20 Å². The number of hydrogen-bond donors (Lipinski definition) is 1. The minimum Gasteiger partial charge on any atom is -0.348 e. The van der Waals surface area contributed by atoms with Crippen LogP contribution in [0.25, 0.3) is 0 Å². The lowest BCUT2D eigenvalue weighted by Gasteiger charge is -2.15.